The summed E-state index contributed by atoms with van der Waals surface area (Å²) in [7, 11) is 3.35. The number of carbonyl (C=O) groups excluding carboxylic acids is 1. The molecular weight excluding hydrogens is 282 g/mol. The van der Waals surface area contributed by atoms with Gasteiger partial charge in [-0.2, -0.15) is 8.78 Å². The summed E-state index contributed by atoms with van der Waals surface area (Å²) in [6, 6.07) is 4.23. The average Bonchev–Trinajstić information content (AvgIpc) is 2.47. The number of alkyl halides is 2. The van der Waals surface area contributed by atoms with E-state index in [4.69, 9.17) is 4.74 Å². The van der Waals surface area contributed by atoms with Crippen molar-refractivity contribution < 1.29 is 23.0 Å². The highest BCUT2D eigenvalue weighted by Crippen LogP contribution is 2.30. The number of likely N-dealkylation sites (N-methyl/N-ethyl adjacent to an activating group) is 1. The van der Waals surface area contributed by atoms with Gasteiger partial charge in [0.05, 0.1) is 7.11 Å². The predicted molar refractivity (Wildman–Crippen MR) is 73.0 cm³/mol. The zero-order valence-electron chi connectivity index (χ0n) is 12.0. The van der Waals surface area contributed by atoms with Crippen LogP contribution >= 0.6 is 0 Å². The molecule has 0 aromatic heterocycles. The minimum Gasteiger partial charge on any atom is -0.493 e. The summed E-state index contributed by atoms with van der Waals surface area (Å²) < 4.78 is 33.9. The number of methoxy groups -OCH3 is 1. The second kappa shape index (κ2) is 6.71. The largest absolute Gasteiger partial charge is 0.493 e. The van der Waals surface area contributed by atoms with Crippen molar-refractivity contribution in [3.63, 3.8) is 0 Å². The van der Waals surface area contributed by atoms with Gasteiger partial charge in [0.2, 0.25) is 0 Å². The summed E-state index contributed by atoms with van der Waals surface area (Å²) in [5, 5.41) is 0. The Morgan fingerprint density at radius 2 is 1.86 bits per heavy atom. The van der Waals surface area contributed by atoms with Crippen LogP contribution in [-0.4, -0.2) is 62.7 Å². The fourth-order valence-corrected chi connectivity index (χ4v) is 2.19. The number of amides is 1. The SMILES string of the molecule is COc1cc(C(=O)N2CCN(C)CC2)ccc1OC(F)F. The maximum atomic E-state index is 12.4. The molecule has 1 aliphatic rings. The van der Waals surface area contributed by atoms with Crippen LogP contribution < -0.4 is 9.47 Å². The monoisotopic (exact) mass is 300 g/mol. The number of piperazine rings is 1. The zero-order valence-corrected chi connectivity index (χ0v) is 12.0. The number of hydrogen-bond acceptors (Lipinski definition) is 4. The highest BCUT2D eigenvalue weighted by molar-refractivity contribution is 5.95. The van der Waals surface area contributed by atoms with E-state index in [1.54, 1.807) is 4.90 Å². The number of nitrogens with zero attached hydrogens (tertiary/aromatic N) is 2. The van der Waals surface area contributed by atoms with Crippen LogP contribution in [0.3, 0.4) is 0 Å². The van der Waals surface area contributed by atoms with Crippen LogP contribution in [-0.2, 0) is 0 Å². The third-order valence-corrected chi connectivity index (χ3v) is 3.42. The Balaban J connectivity index is 2.14. The standard InChI is InChI=1S/C14H18F2N2O3/c1-17-5-7-18(8-6-17)13(19)10-3-4-11(21-14(15)16)12(9-10)20-2/h3-4,9,14H,5-8H2,1-2H3. The Labute approximate surface area is 122 Å². The second-order valence-electron chi connectivity index (χ2n) is 4.84. The fraction of sp³-hybridized carbons (Fsp3) is 0.500. The highest BCUT2D eigenvalue weighted by Gasteiger charge is 2.22. The van der Waals surface area contributed by atoms with Gasteiger partial charge in [0.1, 0.15) is 0 Å². The van der Waals surface area contributed by atoms with Gasteiger partial charge in [-0.1, -0.05) is 0 Å². The zero-order chi connectivity index (χ0) is 15.4. The molecule has 0 unspecified atom stereocenters. The molecule has 0 bridgehead atoms. The predicted octanol–water partition coefficient (Wildman–Crippen LogP) is 1.68. The molecular formula is C14H18F2N2O3. The molecule has 0 atom stereocenters. The minimum absolute atomic E-state index is 0.0811. The van der Waals surface area contributed by atoms with Crippen LogP contribution in [0.5, 0.6) is 11.5 Å². The molecule has 1 fully saturated rings. The molecule has 1 aromatic carbocycles. The van der Waals surface area contributed by atoms with Crippen molar-refractivity contribution in [2.45, 2.75) is 6.61 Å². The lowest BCUT2D eigenvalue weighted by atomic mass is 10.1. The van der Waals surface area contributed by atoms with E-state index in [9.17, 15) is 13.6 Å². The average molecular weight is 300 g/mol. The molecule has 0 saturated carbocycles. The van der Waals surface area contributed by atoms with Gasteiger partial charge in [-0.05, 0) is 25.2 Å². The van der Waals surface area contributed by atoms with Crippen molar-refractivity contribution in [3.8, 4) is 11.5 Å². The number of halogens is 2. The van der Waals surface area contributed by atoms with Crippen molar-refractivity contribution in [1.29, 1.82) is 0 Å². The highest BCUT2D eigenvalue weighted by atomic mass is 19.3. The van der Waals surface area contributed by atoms with Gasteiger partial charge in [-0.25, -0.2) is 0 Å². The lowest BCUT2D eigenvalue weighted by Gasteiger charge is -2.32. The Hall–Kier alpha value is -1.89. The van der Waals surface area contributed by atoms with E-state index >= 15 is 0 Å². The fourth-order valence-electron chi connectivity index (χ4n) is 2.19. The molecule has 21 heavy (non-hydrogen) atoms. The summed E-state index contributed by atoms with van der Waals surface area (Å²) in [6.07, 6.45) is 0. The van der Waals surface area contributed by atoms with Crippen molar-refractivity contribution in [2.75, 3.05) is 40.3 Å². The Bertz CT molecular complexity index is 503. The molecule has 1 aromatic rings. The lowest BCUT2D eigenvalue weighted by Crippen LogP contribution is -2.47. The number of carbonyl (C=O) groups is 1. The van der Waals surface area contributed by atoms with Crippen LogP contribution in [0.2, 0.25) is 0 Å². The normalized spacial score (nSPS) is 16.1. The van der Waals surface area contributed by atoms with Crippen LogP contribution in [0.4, 0.5) is 8.78 Å². The first-order valence-corrected chi connectivity index (χ1v) is 6.62. The van der Waals surface area contributed by atoms with Gasteiger partial charge < -0.3 is 19.3 Å². The molecule has 1 heterocycles. The van der Waals surface area contributed by atoms with Crippen LogP contribution in [0.1, 0.15) is 10.4 Å². The molecule has 0 spiro atoms. The van der Waals surface area contributed by atoms with Gasteiger partial charge in [0.15, 0.2) is 11.5 Å². The molecule has 1 aliphatic heterocycles. The molecule has 0 aliphatic carbocycles. The summed E-state index contributed by atoms with van der Waals surface area (Å²) in [4.78, 5) is 16.3. The molecule has 1 saturated heterocycles. The Morgan fingerprint density at radius 1 is 1.19 bits per heavy atom. The van der Waals surface area contributed by atoms with Crippen LogP contribution in [0, 0.1) is 0 Å². The summed E-state index contributed by atoms with van der Waals surface area (Å²) in [6.45, 7) is -0.0109. The Kier molecular flexibility index (Phi) is 4.95. The number of ether oxygens (including phenoxy) is 2. The van der Waals surface area contributed by atoms with Crippen molar-refractivity contribution in [3.05, 3.63) is 23.8 Å². The molecule has 0 N–H and O–H groups in total. The summed E-state index contributed by atoms with van der Waals surface area (Å²) >= 11 is 0. The molecule has 2 rings (SSSR count). The lowest BCUT2D eigenvalue weighted by molar-refractivity contribution is -0.0512. The smallest absolute Gasteiger partial charge is 0.387 e. The molecule has 5 nitrogen and oxygen atoms in total. The van der Waals surface area contributed by atoms with Crippen molar-refractivity contribution >= 4 is 5.91 Å². The maximum absolute atomic E-state index is 12.4. The van der Waals surface area contributed by atoms with Crippen molar-refractivity contribution in [1.82, 2.24) is 9.80 Å². The van der Waals surface area contributed by atoms with Crippen molar-refractivity contribution in [2.24, 2.45) is 0 Å². The number of benzene rings is 1. The maximum Gasteiger partial charge on any atom is 0.387 e. The van der Waals surface area contributed by atoms with E-state index < -0.39 is 6.61 Å². The summed E-state index contributed by atoms with van der Waals surface area (Å²) in [5.41, 5.74) is 0.401. The van der Waals surface area contributed by atoms with E-state index in [0.717, 1.165) is 13.1 Å². The first-order chi connectivity index (χ1) is 10.0. The molecule has 1 amide bonds. The first-order valence-electron chi connectivity index (χ1n) is 6.62. The van der Waals surface area contributed by atoms with Crippen LogP contribution in [0.15, 0.2) is 18.2 Å². The van der Waals surface area contributed by atoms with E-state index in [-0.39, 0.29) is 17.4 Å². The van der Waals surface area contributed by atoms with E-state index in [1.807, 2.05) is 7.05 Å². The Morgan fingerprint density at radius 3 is 2.43 bits per heavy atom. The van der Waals surface area contributed by atoms with E-state index in [2.05, 4.69) is 9.64 Å². The van der Waals surface area contributed by atoms with Gasteiger partial charge in [-0.15, -0.1) is 0 Å². The number of hydrogen-bond donors (Lipinski definition) is 0. The van der Waals surface area contributed by atoms with Gasteiger partial charge in [0, 0.05) is 31.7 Å². The summed E-state index contributed by atoms with van der Waals surface area (Å²) in [5.74, 6) is -0.0947. The molecule has 0 radical (unpaired) electrons. The van der Waals surface area contributed by atoms with Gasteiger partial charge >= 0.3 is 6.61 Å². The van der Waals surface area contributed by atoms with Gasteiger partial charge in [0.25, 0.3) is 5.91 Å². The third kappa shape index (κ3) is 3.81. The van der Waals surface area contributed by atoms with Crippen LogP contribution in [0.25, 0.3) is 0 Å². The second-order valence-corrected chi connectivity index (χ2v) is 4.84. The molecule has 116 valence electrons. The first kappa shape index (κ1) is 15.5. The van der Waals surface area contributed by atoms with E-state index in [0.29, 0.717) is 18.7 Å². The third-order valence-electron chi connectivity index (χ3n) is 3.42. The van der Waals surface area contributed by atoms with Gasteiger partial charge in [-0.3, -0.25) is 4.79 Å². The topological polar surface area (TPSA) is 42.0 Å². The minimum atomic E-state index is -2.93. The quantitative estimate of drug-likeness (QED) is 0.848. The molecule has 7 heteroatoms. The van der Waals surface area contributed by atoms with E-state index in [1.165, 1.54) is 25.3 Å². The number of rotatable bonds is 4.